The SMILES string of the molecule is COCCn1c(Cc2ccsc2)nnc1S(=O)(=O)Cl. The van der Waals surface area contributed by atoms with Crippen molar-refractivity contribution in [2.45, 2.75) is 18.1 Å². The smallest absolute Gasteiger partial charge is 0.296 e. The van der Waals surface area contributed by atoms with Gasteiger partial charge in [0.25, 0.3) is 14.2 Å². The Morgan fingerprint density at radius 3 is 2.84 bits per heavy atom. The molecule has 104 valence electrons. The molecule has 0 aromatic carbocycles. The van der Waals surface area contributed by atoms with Crippen LogP contribution < -0.4 is 0 Å². The van der Waals surface area contributed by atoms with Gasteiger partial charge >= 0.3 is 0 Å². The summed E-state index contributed by atoms with van der Waals surface area (Å²) in [6.07, 6.45) is 0.507. The number of halogens is 1. The van der Waals surface area contributed by atoms with E-state index in [2.05, 4.69) is 10.2 Å². The van der Waals surface area contributed by atoms with E-state index in [0.29, 0.717) is 25.4 Å². The zero-order chi connectivity index (χ0) is 13.9. The number of hydrogen-bond acceptors (Lipinski definition) is 6. The van der Waals surface area contributed by atoms with Crippen LogP contribution in [0, 0.1) is 0 Å². The Balaban J connectivity index is 2.35. The Morgan fingerprint density at radius 2 is 2.26 bits per heavy atom. The molecule has 0 amide bonds. The predicted molar refractivity (Wildman–Crippen MR) is 72.1 cm³/mol. The van der Waals surface area contributed by atoms with E-state index >= 15 is 0 Å². The fraction of sp³-hybridized carbons (Fsp3) is 0.400. The third-order valence-corrected chi connectivity index (χ3v) is 4.36. The standard InChI is InChI=1S/C10H12ClN3O3S2/c1-17-4-3-14-9(6-8-2-5-18-7-8)12-13-10(14)19(11,15)16/h2,5,7H,3-4,6H2,1H3. The lowest BCUT2D eigenvalue weighted by molar-refractivity contribution is 0.183. The van der Waals surface area contributed by atoms with E-state index in [9.17, 15) is 8.42 Å². The molecular formula is C10H12ClN3O3S2. The van der Waals surface area contributed by atoms with Crippen molar-refractivity contribution in [3.8, 4) is 0 Å². The van der Waals surface area contributed by atoms with E-state index in [0.717, 1.165) is 5.56 Å². The first-order chi connectivity index (χ1) is 9.02. The van der Waals surface area contributed by atoms with Gasteiger partial charge < -0.3 is 4.74 Å². The first kappa shape index (κ1) is 14.4. The Morgan fingerprint density at radius 1 is 1.47 bits per heavy atom. The molecule has 2 rings (SSSR count). The van der Waals surface area contributed by atoms with Crippen molar-refractivity contribution in [2.24, 2.45) is 0 Å². The van der Waals surface area contributed by atoms with Crippen molar-refractivity contribution in [3.05, 3.63) is 28.2 Å². The van der Waals surface area contributed by atoms with Crippen molar-refractivity contribution in [3.63, 3.8) is 0 Å². The zero-order valence-corrected chi connectivity index (χ0v) is 12.5. The highest BCUT2D eigenvalue weighted by Gasteiger charge is 2.22. The van der Waals surface area contributed by atoms with Gasteiger partial charge in [-0.25, -0.2) is 8.42 Å². The van der Waals surface area contributed by atoms with Crippen molar-refractivity contribution in [1.29, 1.82) is 0 Å². The summed E-state index contributed by atoms with van der Waals surface area (Å²) >= 11 is 1.57. The van der Waals surface area contributed by atoms with E-state index in [1.54, 1.807) is 11.3 Å². The van der Waals surface area contributed by atoms with Crippen molar-refractivity contribution < 1.29 is 13.2 Å². The minimum absolute atomic E-state index is 0.239. The van der Waals surface area contributed by atoms with E-state index < -0.39 is 9.05 Å². The summed E-state index contributed by atoms with van der Waals surface area (Å²) in [6, 6.07) is 1.95. The molecule has 0 aliphatic rings. The average molecular weight is 322 g/mol. The second kappa shape index (κ2) is 6.00. The fourth-order valence-corrected chi connectivity index (χ4v) is 3.22. The Labute approximate surface area is 119 Å². The summed E-state index contributed by atoms with van der Waals surface area (Å²) < 4.78 is 29.3. The summed E-state index contributed by atoms with van der Waals surface area (Å²) in [6.45, 7) is 0.693. The molecule has 2 aromatic rings. The van der Waals surface area contributed by atoms with E-state index in [1.165, 1.54) is 11.7 Å². The van der Waals surface area contributed by atoms with Crippen LogP contribution in [0.5, 0.6) is 0 Å². The summed E-state index contributed by atoms with van der Waals surface area (Å²) in [5.74, 6) is 0.551. The molecule has 2 heterocycles. The lowest BCUT2D eigenvalue weighted by Crippen LogP contribution is -2.13. The van der Waals surface area contributed by atoms with E-state index in [-0.39, 0.29) is 5.16 Å². The van der Waals surface area contributed by atoms with Gasteiger partial charge in [-0.15, -0.1) is 10.2 Å². The fourth-order valence-electron chi connectivity index (χ4n) is 1.61. The number of thiophene rings is 1. The summed E-state index contributed by atoms with van der Waals surface area (Å²) in [5.41, 5.74) is 1.05. The highest BCUT2D eigenvalue weighted by molar-refractivity contribution is 8.13. The highest BCUT2D eigenvalue weighted by Crippen LogP contribution is 2.17. The lowest BCUT2D eigenvalue weighted by Gasteiger charge is -2.07. The van der Waals surface area contributed by atoms with Gasteiger partial charge in [-0.1, -0.05) is 0 Å². The van der Waals surface area contributed by atoms with Crippen LogP contribution in [0.4, 0.5) is 0 Å². The largest absolute Gasteiger partial charge is 0.383 e. The number of ether oxygens (including phenoxy) is 1. The Bertz CT molecular complexity index is 637. The van der Waals surface area contributed by atoms with Crippen LogP contribution in [0.25, 0.3) is 0 Å². The number of aromatic nitrogens is 3. The van der Waals surface area contributed by atoms with Crippen LogP contribution >= 0.6 is 22.0 Å². The van der Waals surface area contributed by atoms with Crippen LogP contribution in [0.2, 0.25) is 0 Å². The van der Waals surface area contributed by atoms with Crippen molar-refractivity contribution in [2.75, 3.05) is 13.7 Å². The van der Waals surface area contributed by atoms with Gasteiger partial charge in [0.05, 0.1) is 6.61 Å². The molecule has 0 spiro atoms. The minimum atomic E-state index is -3.91. The lowest BCUT2D eigenvalue weighted by atomic mass is 10.2. The van der Waals surface area contributed by atoms with Crippen LogP contribution in [0.15, 0.2) is 22.0 Å². The molecule has 0 atom stereocenters. The molecule has 0 saturated heterocycles. The number of methoxy groups -OCH3 is 1. The van der Waals surface area contributed by atoms with Crippen LogP contribution in [-0.2, 0) is 26.8 Å². The molecule has 0 N–H and O–H groups in total. The molecule has 9 heteroatoms. The molecular weight excluding hydrogens is 310 g/mol. The Hall–Kier alpha value is -0.960. The first-order valence-electron chi connectivity index (χ1n) is 5.39. The number of nitrogens with zero attached hydrogens (tertiary/aromatic N) is 3. The van der Waals surface area contributed by atoms with Gasteiger partial charge in [-0.05, 0) is 22.4 Å². The third kappa shape index (κ3) is 3.53. The number of rotatable bonds is 6. The molecule has 0 saturated carbocycles. The maximum Gasteiger partial charge on any atom is 0.296 e. The maximum atomic E-state index is 11.4. The molecule has 0 radical (unpaired) electrons. The molecule has 0 fully saturated rings. The average Bonchev–Trinajstić information content (AvgIpc) is 2.96. The van der Waals surface area contributed by atoms with Gasteiger partial charge in [-0.2, -0.15) is 11.3 Å². The van der Waals surface area contributed by atoms with Crippen LogP contribution in [0.3, 0.4) is 0 Å². The van der Waals surface area contributed by atoms with Crippen molar-refractivity contribution >= 4 is 31.1 Å². The molecule has 0 unspecified atom stereocenters. The summed E-state index contributed by atoms with van der Waals surface area (Å²) in [7, 11) is 2.97. The first-order valence-corrected chi connectivity index (χ1v) is 8.64. The quantitative estimate of drug-likeness (QED) is 0.754. The minimum Gasteiger partial charge on any atom is -0.383 e. The normalized spacial score (nSPS) is 11.9. The number of hydrogen-bond donors (Lipinski definition) is 0. The topological polar surface area (TPSA) is 74.1 Å². The highest BCUT2D eigenvalue weighted by atomic mass is 35.7. The zero-order valence-electron chi connectivity index (χ0n) is 10.1. The van der Waals surface area contributed by atoms with Gasteiger partial charge in [0, 0.05) is 30.8 Å². The summed E-state index contributed by atoms with van der Waals surface area (Å²) in [5, 5.41) is 11.3. The van der Waals surface area contributed by atoms with Crippen LogP contribution in [-0.4, -0.2) is 36.9 Å². The third-order valence-electron chi connectivity index (χ3n) is 2.47. The van der Waals surface area contributed by atoms with E-state index in [4.69, 9.17) is 15.4 Å². The monoisotopic (exact) mass is 321 g/mol. The van der Waals surface area contributed by atoms with Gasteiger partial charge in [0.2, 0.25) is 0 Å². The van der Waals surface area contributed by atoms with E-state index in [1.807, 2.05) is 16.8 Å². The second-order valence-electron chi connectivity index (χ2n) is 3.79. The molecule has 0 aliphatic carbocycles. The maximum absolute atomic E-state index is 11.4. The molecule has 0 bridgehead atoms. The van der Waals surface area contributed by atoms with Gasteiger partial charge in [0.1, 0.15) is 5.82 Å². The second-order valence-corrected chi connectivity index (χ2v) is 7.03. The van der Waals surface area contributed by atoms with Gasteiger partial charge in [-0.3, -0.25) is 4.57 Å². The molecule has 2 aromatic heterocycles. The molecule has 6 nitrogen and oxygen atoms in total. The molecule has 19 heavy (non-hydrogen) atoms. The Kier molecular flexibility index (Phi) is 4.56. The van der Waals surface area contributed by atoms with Gasteiger partial charge in [0.15, 0.2) is 0 Å². The van der Waals surface area contributed by atoms with Crippen LogP contribution in [0.1, 0.15) is 11.4 Å². The van der Waals surface area contributed by atoms with Crippen molar-refractivity contribution in [1.82, 2.24) is 14.8 Å². The molecule has 0 aliphatic heterocycles. The summed E-state index contributed by atoms with van der Waals surface area (Å²) in [4.78, 5) is 0. The predicted octanol–water partition coefficient (Wildman–Crippen LogP) is 1.50.